The predicted octanol–water partition coefficient (Wildman–Crippen LogP) is 3.76. The molecule has 0 bridgehead atoms. The number of nitrogens with zero attached hydrogens (tertiary/aromatic N) is 2. The van der Waals surface area contributed by atoms with Crippen LogP contribution in [0.1, 0.15) is 16.2 Å². The zero-order chi connectivity index (χ0) is 18.5. The summed E-state index contributed by atoms with van der Waals surface area (Å²) < 4.78 is 20.6. The van der Waals surface area contributed by atoms with E-state index < -0.39 is 5.97 Å². The molecule has 1 heterocycles. The Kier molecular flexibility index (Phi) is 5.38. The summed E-state index contributed by atoms with van der Waals surface area (Å²) in [6.45, 7) is -0.158. The summed E-state index contributed by atoms with van der Waals surface area (Å²) in [7, 11) is 2.99. The van der Waals surface area contributed by atoms with Gasteiger partial charge in [-0.05, 0) is 36.4 Å². The molecule has 3 rings (SSSR count). The summed E-state index contributed by atoms with van der Waals surface area (Å²) in [5.41, 5.74) is 1.01. The van der Waals surface area contributed by atoms with Crippen molar-refractivity contribution in [3.05, 3.63) is 58.9 Å². The second-order valence-electron chi connectivity index (χ2n) is 5.16. The zero-order valence-electron chi connectivity index (χ0n) is 14.1. The lowest BCUT2D eigenvalue weighted by Gasteiger charge is -2.09. The fraction of sp³-hybridized carbons (Fsp3) is 0.167. The van der Waals surface area contributed by atoms with Gasteiger partial charge in [-0.15, -0.1) is 0 Å². The summed E-state index contributed by atoms with van der Waals surface area (Å²) >= 11 is 5.85. The Morgan fingerprint density at radius 3 is 2.58 bits per heavy atom. The van der Waals surface area contributed by atoms with Gasteiger partial charge in [0.2, 0.25) is 5.82 Å². The first kappa shape index (κ1) is 17.8. The SMILES string of the molecule is COc1ccc(C(=O)OCc2nc(-c3ccc(Cl)cc3)no2)c(OC)c1. The van der Waals surface area contributed by atoms with Crippen LogP contribution in [0.4, 0.5) is 0 Å². The summed E-state index contributed by atoms with van der Waals surface area (Å²) in [6.07, 6.45) is 0. The molecule has 7 nitrogen and oxygen atoms in total. The van der Waals surface area contributed by atoms with Crippen molar-refractivity contribution in [1.82, 2.24) is 10.1 Å². The number of hydrogen-bond donors (Lipinski definition) is 0. The lowest BCUT2D eigenvalue weighted by molar-refractivity contribution is 0.0426. The third-order valence-electron chi connectivity index (χ3n) is 3.53. The van der Waals surface area contributed by atoms with Gasteiger partial charge in [0, 0.05) is 16.7 Å². The maximum absolute atomic E-state index is 12.3. The highest BCUT2D eigenvalue weighted by Gasteiger charge is 2.17. The van der Waals surface area contributed by atoms with Crippen LogP contribution in [0, 0.1) is 0 Å². The third-order valence-corrected chi connectivity index (χ3v) is 3.78. The maximum atomic E-state index is 12.3. The Labute approximate surface area is 154 Å². The second kappa shape index (κ2) is 7.88. The summed E-state index contributed by atoms with van der Waals surface area (Å²) in [5.74, 6) is 0.908. The second-order valence-corrected chi connectivity index (χ2v) is 5.60. The molecule has 0 saturated heterocycles. The number of methoxy groups -OCH3 is 2. The molecule has 0 unspecified atom stereocenters. The van der Waals surface area contributed by atoms with Crippen LogP contribution >= 0.6 is 11.6 Å². The Bertz CT molecular complexity index is 908. The molecular formula is C18H15ClN2O5. The van der Waals surface area contributed by atoms with E-state index in [0.717, 1.165) is 5.56 Å². The van der Waals surface area contributed by atoms with Crippen molar-refractivity contribution in [2.45, 2.75) is 6.61 Å². The highest BCUT2D eigenvalue weighted by atomic mass is 35.5. The Hall–Kier alpha value is -3.06. The van der Waals surface area contributed by atoms with Gasteiger partial charge in [0.15, 0.2) is 6.61 Å². The van der Waals surface area contributed by atoms with Gasteiger partial charge in [0.25, 0.3) is 5.89 Å². The molecule has 0 aliphatic rings. The van der Waals surface area contributed by atoms with E-state index in [9.17, 15) is 4.79 Å². The molecule has 0 aliphatic heterocycles. The molecule has 0 atom stereocenters. The largest absolute Gasteiger partial charge is 0.497 e. The highest BCUT2D eigenvalue weighted by Crippen LogP contribution is 2.25. The maximum Gasteiger partial charge on any atom is 0.342 e. The molecule has 0 N–H and O–H groups in total. The first-order chi connectivity index (χ1) is 12.6. The summed E-state index contributed by atoms with van der Waals surface area (Å²) in [5, 5.41) is 4.47. The lowest BCUT2D eigenvalue weighted by Crippen LogP contribution is -2.07. The Balaban J connectivity index is 1.68. The molecular weight excluding hydrogens is 360 g/mol. The highest BCUT2D eigenvalue weighted by molar-refractivity contribution is 6.30. The van der Waals surface area contributed by atoms with Gasteiger partial charge in [-0.3, -0.25) is 0 Å². The van der Waals surface area contributed by atoms with Crippen LogP contribution in [-0.4, -0.2) is 30.3 Å². The average molecular weight is 375 g/mol. The molecule has 8 heteroatoms. The number of aromatic nitrogens is 2. The smallest absolute Gasteiger partial charge is 0.342 e. The number of rotatable bonds is 6. The van der Waals surface area contributed by atoms with Crippen LogP contribution < -0.4 is 9.47 Å². The molecule has 0 aliphatic carbocycles. The van der Waals surface area contributed by atoms with E-state index in [1.165, 1.54) is 14.2 Å². The van der Waals surface area contributed by atoms with Crippen LogP contribution in [-0.2, 0) is 11.3 Å². The van der Waals surface area contributed by atoms with Crippen molar-refractivity contribution < 1.29 is 23.5 Å². The summed E-state index contributed by atoms with van der Waals surface area (Å²) in [6, 6.07) is 11.8. The van der Waals surface area contributed by atoms with E-state index in [1.807, 2.05) is 0 Å². The standard InChI is InChI=1S/C18H15ClN2O5/c1-23-13-7-8-14(15(9-13)24-2)18(22)25-10-16-20-17(21-26-16)11-3-5-12(19)6-4-11/h3-9H,10H2,1-2H3. The fourth-order valence-electron chi connectivity index (χ4n) is 2.20. The molecule has 3 aromatic rings. The van der Waals surface area contributed by atoms with E-state index in [4.69, 9.17) is 30.3 Å². The summed E-state index contributed by atoms with van der Waals surface area (Å²) in [4.78, 5) is 16.5. The number of carbonyl (C=O) groups is 1. The molecule has 0 radical (unpaired) electrons. The van der Waals surface area contributed by atoms with Gasteiger partial charge in [0.05, 0.1) is 14.2 Å². The first-order valence-corrected chi connectivity index (χ1v) is 7.96. The van der Waals surface area contributed by atoms with Gasteiger partial charge < -0.3 is 18.7 Å². The molecule has 2 aromatic carbocycles. The van der Waals surface area contributed by atoms with Gasteiger partial charge in [-0.1, -0.05) is 16.8 Å². The van der Waals surface area contributed by atoms with Crippen molar-refractivity contribution >= 4 is 17.6 Å². The van der Waals surface area contributed by atoms with E-state index in [2.05, 4.69) is 10.1 Å². The molecule has 0 saturated carbocycles. The number of benzene rings is 2. The van der Waals surface area contributed by atoms with Crippen LogP contribution in [0.3, 0.4) is 0 Å². The van der Waals surface area contributed by atoms with E-state index in [0.29, 0.717) is 22.3 Å². The lowest BCUT2D eigenvalue weighted by atomic mass is 10.2. The van der Waals surface area contributed by atoms with E-state index >= 15 is 0 Å². The number of carbonyl (C=O) groups excluding carboxylic acids is 1. The first-order valence-electron chi connectivity index (χ1n) is 7.58. The molecule has 26 heavy (non-hydrogen) atoms. The average Bonchev–Trinajstić information content (AvgIpc) is 3.15. The number of ether oxygens (including phenoxy) is 3. The minimum absolute atomic E-state index is 0.158. The predicted molar refractivity (Wildman–Crippen MR) is 93.4 cm³/mol. The van der Waals surface area contributed by atoms with E-state index in [-0.39, 0.29) is 18.1 Å². The molecule has 134 valence electrons. The fourth-order valence-corrected chi connectivity index (χ4v) is 2.33. The minimum Gasteiger partial charge on any atom is -0.497 e. The van der Waals surface area contributed by atoms with Gasteiger partial charge in [0.1, 0.15) is 17.1 Å². The third kappa shape index (κ3) is 3.94. The van der Waals surface area contributed by atoms with E-state index in [1.54, 1.807) is 42.5 Å². The molecule has 1 aromatic heterocycles. The topological polar surface area (TPSA) is 83.7 Å². The van der Waals surface area contributed by atoms with Crippen LogP contribution in [0.15, 0.2) is 47.0 Å². The number of esters is 1. The zero-order valence-corrected chi connectivity index (χ0v) is 14.8. The molecule has 0 fully saturated rings. The Morgan fingerprint density at radius 1 is 1.12 bits per heavy atom. The van der Waals surface area contributed by atoms with Crippen molar-refractivity contribution in [1.29, 1.82) is 0 Å². The quantitative estimate of drug-likeness (QED) is 0.607. The van der Waals surface area contributed by atoms with Gasteiger partial charge >= 0.3 is 5.97 Å². The van der Waals surface area contributed by atoms with Crippen LogP contribution in [0.2, 0.25) is 5.02 Å². The van der Waals surface area contributed by atoms with Crippen molar-refractivity contribution in [2.75, 3.05) is 14.2 Å². The van der Waals surface area contributed by atoms with Gasteiger partial charge in [-0.2, -0.15) is 4.98 Å². The normalized spacial score (nSPS) is 10.4. The number of halogens is 1. The van der Waals surface area contributed by atoms with Crippen molar-refractivity contribution in [3.63, 3.8) is 0 Å². The molecule has 0 spiro atoms. The van der Waals surface area contributed by atoms with Crippen LogP contribution in [0.25, 0.3) is 11.4 Å². The monoisotopic (exact) mass is 374 g/mol. The minimum atomic E-state index is -0.573. The van der Waals surface area contributed by atoms with Crippen molar-refractivity contribution in [3.8, 4) is 22.9 Å². The van der Waals surface area contributed by atoms with Gasteiger partial charge in [-0.25, -0.2) is 4.79 Å². The van der Waals surface area contributed by atoms with Crippen LogP contribution in [0.5, 0.6) is 11.5 Å². The Morgan fingerprint density at radius 2 is 1.88 bits per heavy atom. The number of hydrogen-bond acceptors (Lipinski definition) is 7. The van der Waals surface area contributed by atoms with Crippen molar-refractivity contribution in [2.24, 2.45) is 0 Å². The molecule has 0 amide bonds.